The molecule has 0 radical (unpaired) electrons. The van der Waals surface area contributed by atoms with Gasteiger partial charge in [-0.3, -0.25) is 0 Å². The molecule has 8 nitrogen and oxygen atoms in total. The van der Waals surface area contributed by atoms with Crippen LogP contribution in [0.2, 0.25) is 0 Å². The third kappa shape index (κ3) is 5.95. The standard InChI is InChI=1S/C18H19F6N5O3/c19-17(20,21)14(18(22,23)24)32-16(31)29-5-3-10(4-6-29)8-25-15(30)28-11-1-2-12-13(7-11)27-9-26-12/h1-2,7,9-10,14H,3-6,8H2,(H,26,27)(H2,25,28,30). The molecule has 1 saturated heterocycles. The first-order valence-corrected chi connectivity index (χ1v) is 9.50. The summed E-state index contributed by atoms with van der Waals surface area (Å²) in [6.07, 6.45) is -15.3. The number of anilines is 1. The number of rotatable bonds is 4. The minimum atomic E-state index is -5.76. The molecule has 32 heavy (non-hydrogen) atoms. The van der Waals surface area contributed by atoms with Crippen molar-refractivity contribution in [1.29, 1.82) is 0 Å². The highest BCUT2D eigenvalue weighted by atomic mass is 19.4. The maximum absolute atomic E-state index is 12.5. The zero-order valence-electron chi connectivity index (χ0n) is 16.4. The van der Waals surface area contributed by atoms with Crippen molar-refractivity contribution in [3.63, 3.8) is 0 Å². The van der Waals surface area contributed by atoms with Crippen LogP contribution in [0.1, 0.15) is 12.8 Å². The molecule has 0 aliphatic carbocycles. The number of amides is 3. The second-order valence-electron chi connectivity index (χ2n) is 7.25. The van der Waals surface area contributed by atoms with Crippen LogP contribution in [-0.2, 0) is 4.74 Å². The molecule has 1 aliphatic heterocycles. The zero-order valence-corrected chi connectivity index (χ0v) is 16.4. The maximum Gasteiger partial charge on any atom is 0.434 e. The molecule has 0 atom stereocenters. The van der Waals surface area contributed by atoms with E-state index in [0.29, 0.717) is 5.69 Å². The van der Waals surface area contributed by atoms with E-state index in [1.165, 1.54) is 6.33 Å². The molecule has 14 heteroatoms. The second-order valence-corrected chi connectivity index (χ2v) is 7.25. The van der Waals surface area contributed by atoms with E-state index in [-0.39, 0.29) is 38.4 Å². The number of ether oxygens (including phenoxy) is 1. The van der Waals surface area contributed by atoms with Gasteiger partial charge in [-0.25, -0.2) is 14.6 Å². The highest BCUT2D eigenvalue weighted by Crippen LogP contribution is 2.36. The quantitative estimate of drug-likeness (QED) is 0.592. The number of imidazole rings is 1. The number of hydrogen-bond acceptors (Lipinski definition) is 4. The molecule has 2 heterocycles. The lowest BCUT2D eigenvalue weighted by Crippen LogP contribution is -2.49. The molecule has 0 saturated carbocycles. The Morgan fingerprint density at radius 3 is 2.44 bits per heavy atom. The number of fused-ring (bicyclic) bond motifs is 1. The van der Waals surface area contributed by atoms with Crippen molar-refractivity contribution in [2.75, 3.05) is 25.0 Å². The van der Waals surface area contributed by atoms with Crippen molar-refractivity contribution >= 4 is 28.8 Å². The molecule has 1 aromatic heterocycles. The van der Waals surface area contributed by atoms with Crippen LogP contribution in [0.4, 0.5) is 41.6 Å². The number of piperidine rings is 1. The Morgan fingerprint density at radius 2 is 1.81 bits per heavy atom. The van der Waals surface area contributed by atoms with Crippen LogP contribution in [0.15, 0.2) is 24.5 Å². The second kappa shape index (κ2) is 9.12. The number of carbonyl (C=O) groups is 2. The van der Waals surface area contributed by atoms with Gasteiger partial charge in [-0.15, -0.1) is 0 Å². The Balaban J connectivity index is 1.43. The molecular weight excluding hydrogens is 448 g/mol. The van der Waals surface area contributed by atoms with E-state index in [9.17, 15) is 35.9 Å². The third-order valence-corrected chi connectivity index (χ3v) is 4.92. The molecule has 3 rings (SSSR count). The summed E-state index contributed by atoms with van der Waals surface area (Å²) in [6, 6.07) is 4.60. The number of alkyl halides is 6. The Kier molecular flexibility index (Phi) is 6.69. The number of nitrogens with zero attached hydrogens (tertiary/aromatic N) is 2. The van der Waals surface area contributed by atoms with E-state index >= 15 is 0 Å². The number of hydrogen-bond donors (Lipinski definition) is 3. The van der Waals surface area contributed by atoms with E-state index < -0.39 is 30.6 Å². The lowest BCUT2D eigenvalue weighted by Gasteiger charge is -2.33. The molecule has 1 aliphatic rings. The van der Waals surface area contributed by atoms with Crippen LogP contribution < -0.4 is 10.6 Å². The fourth-order valence-corrected chi connectivity index (χ4v) is 3.24. The van der Waals surface area contributed by atoms with Gasteiger partial charge in [-0.2, -0.15) is 26.3 Å². The fraction of sp³-hybridized carbons (Fsp3) is 0.500. The van der Waals surface area contributed by atoms with Gasteiger partial charge in [0, 0.05) is 25.3 Å². The molecule has 0 unspecified atom stereocenters. The van der Waals surface area contributed by atoms with Gasteiger partial charge in [0.15, 0.2) is 0 Å². The Labute approximate surface area is 177 Å². The van der Waals surface area contributed by atoms with Crippen molar-refractivity contribution in [2.45, 2.75) is 31.3 Å². The van der Waals surface area contributed by atoms with E-state index in [1.807, 2.05) is 0 Å². The summed E-state index contributed by atoms with van der Waals surface area (Å²) in [5.41, 5.74) is 2.00. The first-order valence-electron chi connectivity index (χ1n) is 9.50. The predicted octanol–water partition coefficient (Wildman–Crippen LogP) is 4.03. The minimum Gasteiger partial charge on any atom is -0.426 e. The monoisotopic (exact) mass is 467 g/mol. The normalized spacial score (nSPS) is 15.8. The fourth-order valence-electron chi connectivity index (χ4n) is 3.24. The van der Waals surface area contributed by atoms with Gasteiger partial charge in [0.1, 0.15) is 0 Å². The number of aromatic amines is 1. The van der Waals surface area contributed by atoms with Gasteiger partial charge in [0.25, 0.3) is 6.10 Å². The van der Waals surface area contributed by atoms with Gasteiger partial charge in [-0.1, -0.05) is 0 Å². The predicted molar refractivity (Wildman–Crippen MR) is 99.8 cm³/mol. The number of halogens is 6. The summed E-state index contributed by atoms with van der Waals surface area (Å²) >= 11 is 0. The van der Waals surface area contributed by atoms with Crippen LogP contribution >= 0.6 is 0 Å². The van der Waals surface area contributed by atoms with Gasteiger partial charge >= 0.3 is 24.5 Å². The summed E-state index contributed by atoms with van der Waals surface area (Å²) in [5, 5.41) is 5.30. The molecule has 3 amide bonds. The minimum absolute atomic E-state index is 0.0915. The smallest absolute Gasteiger partial charge is 0.426 e. The van der Waals surface area contributed by atoms with Crippen LogP contribution in [0.25, 0.3) is 11.0 Å². The first-order chi connectivity index (χ1) is 14.9. The Bertz CT molecular complexity index is 938. The Hall–Kier alpha value is -3.19. The van der Waals surface area contributed by atoms with Crippen LogP contribution in [0.5, 0.6) is 0 Å². The van der Waals surface area contributed by atoms with Gasteiger partial charge in [-0.05, 0) is 37.0 Å². The molecule has 1 fully saturated rings. The van der Waals surface area contributed by atoms with Crippen molar-refractivity contribution in [3.05, 3.63) is 24.5 Å². The largest absolute Gasteiger partial charge is 0.434 e. The van der Waals surface area contributed by atoms with E-state index in [1.54, 1.807) is 18.2 Å². The van der Waals surface area contributed by atoms with E-state index in [2.05, 4.69) is 25.3 Å². The van der Waals surface area contributed by atoms with E-state index in [4.69, 9.17) is 0 Å². The first kappa shape index (κ1) is 23.5. The number of likely N-dealkylation sites (tertiary alicyclic amines) is 1. The van der Waals surface area contributed by atoms with Gasteiger partial charge in [0.05, 0.1) is 17.4 Å². The highest BCUT2D eigenvalue weighted by molar-refractivity contribution is 5.91. The molecule has 2 aromatic rings. The molecule has 0 spiro atoms. The molecule has 1 aromatic carbocycles. The van der Waals surface area contributed by atoms with Crippen LogP contribution in [-0.4, -0.2) is 65.1 Å². The highest BCUT2D eigenvalue weighted by Gasteiger charge is 2.60. The van der Waals surface area contributed by atoms with Crippen molar-refractivity contribution < 1.29 is 40.7 Å². The summed E-state index contributed by atoms with van der Waals surface area (Å²) in [7, 11) is 0. The van der Waals surface area contributed by atoms with Crippen LogP contribution in [0, 0.1) is 5.92 Å². The molecule has 0 bridgehead atoms. The van der Waals surface area contributed by atoms with Gasteiger partial charge in [0.2, 0.25) is 0 Å². The number of urea groups is 1. The Morgan fingerprint density at radius 1 is 1.16 bits per heavy atom. The van der Waals surface area contributed by atoms with Crippen LogP contribution in [0.3, 0.4) is 0 Å². The molecule has 176 valence electrons. The lowest BCUT2D eigenvalue weighted by molar-refractivity contribution is -0.308. The zero-order chi connectivity index (χ0) is 23.5. The number of H-pyrrole nitrogens is 1. The summed E-state index contributed by atoms with van der Waals surface area (Å²) in [6.45, 7) is 0.0339. The molecule has 3 N–H and O–H groups in total. The van der Waals surface area contributed by atoms with E-state index in [0.717, 1.165) is 15.9 Å². The van der Waals surface area contributed by atoms with Crippen molar-refractivity contribution in [1.82, 2.24) is 20.2 Å². The summed E-state index contributed by atoms with van der Waals surface area (Å²) < 4.78 is 78.9. The average Bonchev–Trinajstić information content (AvgIpc) is 3.17. The number of nitrogens with one attached hydrogen (secondary N) is 3. The summed E-state index contributed by atoms with van der Waals surface area (Å²) in [5.74, 6) is -0.110. The number of benzene rings is 1. The number of aromatic nitrogens is 2. The van der Waals surface area contributed by atoms with Crippen molar-refractivity contribution in [3.8, 4) is 0 Å². The van der Waals surface area contributed by atoms with Crippen molar-refractivity contribution in [2.24, 2.45) is 5.92 Å². The molecular formula is C18H19F6N5O3. The SMILES string of the molecule is O=C(NCC1CCN(C(=O)OC(C(F)(F)F)C(F)(F)F)CC1)Nc1ccc2nc[nH]c2c1. The summed E-state index contributed by atoms with van der Waals surface area (Å²) in [4.78, 5) is 31.6. The maximum atomic E-state index is 12.5. The average molecular weight is 467 g/mol. The number of carbonyl (C=O) groups excluding carboxylic acids is 2. The topological polar surface area (TPSA) is 99.3 Å². The lowest BCUT2D eigenvalue weighted by atomic mass is 9.97. The third-order valence-electron chi connectivity index (χ3n) is 4.92. The van der Waals surface area contributed by atoms with Gasteiger partial charge < -0.3 is 25.3 Å².